The van der Waals surface area contributed by atoms with Crippen LogP contribution in [0.5, 0.6) is 0 Å². The lowest BCUT2D eigenvalue weighted by molar-refractivity contribution is -0.124. The molecule has 1 fully saturated rings. The summed E-state index contributed by atoms with van der Waals surface area (Å²) < 4.78 is 0. The van der Waals surface area contributed by atoms with E-state index in [1.54, 1.807) is 11.6 Å². The van der Waals surface area contributed by atoms with E-state index in [1.165, 1.54) is 33.7 Å². The van der Waals surface area contributed by atoms with Crippen molar-refractivity contribution in [3.05, 3.63) is 77.0 Å². The van der Waals surface area contributed by atoms with Gasteiger partial charge in [-0.25, -0.2) is 5.48 Å². The summed E-state index contributed by atoms with van der Waals surface area (Å²) in [5, 5.41) is 10.1. The molecule has 0 radical (unpaired) electrons. The van der Waals surface area contributed by atoms with Crippen LogP contribution in [0.4, 0.5) is 0 Å². The van der Waals surface area contributed by atoms with E-state index in [2.05, 4.69) is 75.4 Å². The number of aromatic amines is 1. The van der Waals surface area contributed by atoms with Crippen molar-refractivity contribution in [3.63, 3.8) is 0 Å². The number of likely N-dealkylation sites (N-methyl/N-ethyl adjacent to an activating group) is 1. The third-order valence-corrected chi connectivity index (χ3v) is 7.83. The Bertz CT molecular complexity index is 1210. The highest BCUT2D eigenvalue weighted by Crippen LogP contribution is 2.36. The van der Waals surface area contributed by atoms with Gasteiger partial charge in [-0.15, -0.1) is 0 Å². The maximum atomic E-state index is 11.4. The van der Waals surface area contributed by atoms with Gasteiger partial charge >= 0.3 is 0 Å². The quantitative estimate of drug-likeness (QED) is 0.245. The Hall–Kier alpha value is -2.97. The number of carbonyl (C=O) groups excluding carboxylic acids is 1. The highest BCUT2D eigenvalue weighted by molar-refractivity contribution is 5.90. The van der Waals surface area contributed by atoms with Crippen molar-refractivity contribution in [1.82, 2.24) is 25.2 Å². The van der Waals surface area contributed by atoms with Crippen molar-refractivity contribution >= 4 is 22.9 Å². The molecular formula is C29H37N5O2. The number of nitrogens with one attached hydrogen (secondary N) is 2. The topological polar surface area (TPSA) is 74.8 Å². The molecule has 2 aliphatic rings. The van der Waals surface area contributed by atoms with Crippen molar-refractivity contribution < 1.29 is 10.0 Å². The van der Waals surface area contributed by atoms with E-state index in [9.17, 15) is 4.79 Å². The van der Waals surface area contributed by atoms with Gasteiger partial charge in [0.25, 0.3) is 5.91 Å². The second-order valence-corrected chi connectivity index (χ2v) is 10.1. The zero-order chi connectivity index (χ0) is 24.9. The molecule has 1 saturated heterocycles. The molecule has 5 rings (SSSR count). The Morgan fingerprint density at radius 1 is 1.17 bits per heavy atom. The number of piperazine rings is 1. The van der Waals surface area contributed by atoms with Gasteiger partial charge in [0.2, 0.25) is 0 Å². The zero-order valence-electron chi connectivity index (χ0n) is 21.1. The number of hydroxylamine groups is 1. The molecule has 2 heterocycles. The molecule has 1 atom stereocenters. The third-order valence-electron chi connectivity index (χ3n) is 7.83. The number of fused-ring (bicyclic) bond motifs is 2. The fourth-order valence-corrected chi connectivity index (χ4v) is 5.67. The maximum Gasteiger partial charge on any atom is 0.267 e. The summed E-state index contributed by atoms with van der Waals surface area (Å²) in [7, 11) is 2.21. The lowest BCUT2D eigenvalue weighted by atomic mass is 10.0. The molecule has 1 aliphatic heterocycles. The smallest absolute Gasteiger partial charge is 0.267 e. The lowest BCUT2D eigenvalue weighted by Gasteiger charge is -2.36. The summed E-state index contributed by atoms with van der Waals surface area (Å²) in [4.78, 5) is 22.5. The van der Waals surface area contributed by atoms with Crippen LogP contribution >= 0.6 is 0 Å². The van der Waals surface area contributed by atoms with Gasteiger partial charge in [0.15, 0.2) is 0 Å². The molecule has 1 aromatic heterocycles. The Balaban J connectivity index is 1.32. The first-order valence-electron chi connectivity index (χ1n) is 13.1. The van der Waals surface area contributed by atoms with Crippen molar-refractivity contribution in [1.29, 1.82) is 0 Å². The number of carbonyl (C=O) groups is 1. The van der Waals surface area contributed by atoms with Crippen molar-refractivity contribution in [3.8, 4) is 0 Å². The predicted molar refractivity (Wildman–Crippen MR) is 144 cm³/mol. The van der Waals surface area contributed by atoms with E-state index in [-0.39, 0.29) is 0 Å². The minimum atomic E-state index is -0.513. The first-order valence-corrected chi connectivity index (χ1v) is 13.1. The second-order valence-electron chi connectivity index (χ2n) is 10.1. The van der Waals surface area contributed by atoms with E-state index in [0.717, 1.165) is 70.6 Å². The van der Waals surface area contributed by atoms with Crippen LogP contribution < -0.4 is 5.48 Å². The van der Waals surface area contributed by atoms with Crippen LogP contribution in [0.1, 0.15) is 34.7 Å². The molecule has 1 unspecified atom stereocenters. The van der Waals surface area contributed by atoms with E-state index >= 15 is 0 Å². The molecule has 0 spiro atoms. The average molecular weight is 488 g/mol. The van der Waals surface area contributed by atoms with Gasteiger partial charge in [-0.1, -0.05) is 36.4 Å². The summed E-state index contributed by atoms with van der Waals surface area (Å²) >= 11 is 0. The number of amides is 1. The van der Waals surface area contributed by atoms with Gasteiger partial charge in [0.1, 0.15) is 0 Å². The van der Waals surface area contributed by atoms with Gasteiger partial charge in [0.05, 0.1) is 0 Å². The lowest BCUT2D eigenvalue weighted by Crippen LogP contribution is -2.47. The van der Waals surface area contributed by atoms with E-state index in [1.807, 2.05) is 0 Å². The summed E-state index contributed by atoms with van der Waals surface area (Å²) in [6.07, 6.45) is 8.48. The molecule has 3 N–H and O–H groups in total. The van der Waals surface area contributed by atoms with Crippen molar-refractivity contribution in [2.24, 2.45) is 0 Å². The second kappa shape index (κ2) is 11.4. The van der Waals surface area contributed by atoms with Crippen molar-refractivity contribution in [2.75, 3.05) is 52.9 Å². The van der Waals surface area contributed by atoms with Gasteiger partial charge in [-0.2, -0.15) is 0 Å². The molecule has 1 amide bonds. The number of hydrogen-bond acceptors (Lipinski definition) is 5. The molecule has 36 heavy (non-hydrogen) atoms. The SMILES string of the molecule is CN1CCN(CCN(CCc2c[nH]c3ccccc23)C2CCc3cc(C=CC(=O)NO)ccc32)CC1. The number of aromatic nitrogens is 1. The molecule has 1 aliphatic carbocycles. The van der Waals surface area contributed by atoms with Crippen LogP contribution in [0.2, 0.25) is 0 Å². The van der Waals surface area contributed by atoms with Gasteiger partial charge in [-0.3, -0.25) is 19.8 Å². The number of nitrogens with zero attached hydrogens (tertiary/aromatic N) is 3. The van der Waals surface area contributed by atoms with Crippen LogP contribution in [0.25, 0.3) is 17.0 Å². The van der Waals surface area contributed by atoms with E-state index in [4.69, 9.17) is 5.21 Å². The first-order chi connectivity index (χ1) is 17.6. The fraction of sp³-hybridized carbons (Fsp3) is 0.414. The molecule has 7 heteroatoms. The first kappa shape index (κ1) is 24.7. The monoisotopic (exact) mass is 487 g/mol. The van der Waals surface area contributed by atoms with Gasteiger partial charge < -0.3 is 9.88 Å². The molecule has 0 bridgehead atoms. The van der Waals surface area contributed by atoms with Crippen LogP contribution in [-0.2, 0) is 17.6 Å². The van der Waals surface area contributed by atoms with Gasteiger partial charge in [0, 0.05) is 75.0 Å². The molecule has 190 valence electrons. The number of rotatable bonds is 9. The van der Waals surface area contributed by atoms with E-state index < -0.39 is 5.91 Å². The standard InChI is InChI=1S/C29H37N5O2/c1-32-14-16-33(17-15-32)18-19-34(13-12-24-21-30-27-5-3-2-4-25(24)27)28-10-8-23-20-22(6-9-26(23)28)7-11-29(35)31-36/h2-7,9,11,20-21,28,30,36H,8,10,12-19H2,1H3,(H,31,35). The Kier molecular flexibility index (Phi) is 7.82. The number of H-pyrrole nitrogens is 1. The van der Waals surface area contributed by atoms with Crippen molar-refractivity contribution in [2.45, 2.75) is 25.3 Å². The number of hydrogen-bond donors (Lipinski definition) is 3. The number of aryl methyl sites for hydroxylation is 1. The van der Waals surface area contributed by atoms with Crippen LogP contribution in [-0.4, -0.2) is 83.7 Å². The normalized spacial score (nSPS) is 18.9. The Labute approximate surface area is 213 Å². The summed E-state index contributed by atoms with van der Waals surface area (Å²) in [5.41, 5.74) is 8.00. The molecule has 2 aromatic carbocycles. The van der Waals surface area contributed by atoms with Gasteiger partial charge in [-0.05, 0) is 60.7 Å². The zero-order valence-corrected chi connectivity index (χ0v) is 21.1. The minimum absolute atomic E-state index is 0.413. The number of benzene rings is 2. The molecule has 3 aromatic rings. The van der Waals surface area contributed by atoms with Crippen LogP contribution in [0, 0.1) is 0 Å². The molecule has 0 saturated carbocycles. The highest BCUT2D eigenvalue weighted by atomic mass is 16.5. The predicted octanol–water partition coefficient (Wildman–Crippen LogP) is 3.47. The largest absolute Gasteiger partial charge is 0.361 e. The Morgan fingerprint density at radius 3 is 2.83 bits per heavy atom. The fourth-order valence-electron chi connectivity index (χ4n) is 5.67. The summed E-state index contributed by atoms with van der Waals surface area (Å²) in [6, 6.07) is 15.5. The van der Waals surface area contributed by atoms with E-state index in [0.29, 0.717) is 6.04 Å². The number of para-hydroxylation sites is 1. The third kappa shape index (κ3) is 5.71. The Morgan fingerprint density at radius 2 is 2.00 bits per heavy atom. The van der Waals surface area contributed by atoms with Crippen LogP contribution in [0.15, 0.2) is 54.7 Å². The molecular weight excluding hydrogens is 450 g/mol. The highest BCUT2D eigenvalue weighted by Gasteiger charge is 2.28. The van der Waals surface area contributed by atoms with Crippen LogP contribution in [0.3, 0.4) is 0 Å². The maximum absolute atomic E-state index is 11.4. The summed E-state index contributed by atoms with van der Waals surface area (Å²) in [6.45, 7) is 7.77. The molecule has 7 nitrogen and oxygen atoms in total. The minimum Gasteiger partial charge on any atom is -0.361 e. The average Bonchev–Trinajstić information content (AvgIpc) is 3.52. The summed E-state index contributed by atoms with van der Waals surface area (Å²) in [5.74, 6) is -0.513.